The zero-order valence-electron chi connectivity index (χ0n) is 6.99. The van der Waals surface area contributed by atoms with E-state index in [0.29, 0.717) is 3.57 Å². The van der Waals surface area contributed by atoms with Crippen molar-refractivity contribution in [1.29, 1.82) is 0 Å². The minimum Gasteiger partial charge on any atom is -0.426 e. The minimum atomic E-state index is -5.71. The lowest BCUT2D eigenvalue weighted by Crippen LogP contribution is -2.41. The Bertz CT molecular complexity index is 349. The lowest BCUT2D eigenvalue weighted by Gasteiger charge is -2.20. The second kappa shape index (κ2) is 4.11. The number of hydrogen-bond donors (Lipinski definition) is 0. The first-order valence-corrected chi connectivity index (χ1v) is 4.69. The van der Waals surface area contributed by atoms with Crippen molar-refractivity contribution in [3.63, 3.8) is 0 Å². The van der Waals surface area contributed by atoms with Gasteiger partial charge in [-0.3, -0.25) is 0 Å². The summed E-state index contributed by atoms with van der Waals surface area (Å²) in [5.41, 5.74) is 0. The molecular formula is C8H4F5IO. The summed E-state index contributed by atoms with van der Waals surface area (Å²) >= 11 is 1.77. The molecule has 1 aromatic carbocycles. The van der Waals surface area contributed by atoms with Gasteiger partial charge in [0.1, 0.15) is 5.75 Å². The van der Waals surface area contributed by atoms with Gasteiger partial charge in [0.2, 0.25) is 0 Å². The van der Waals surface area contributed by atoms with Crippen molar-refractivity contribution in [2.24, 2.45) is 0 Å². The topological polar surface area (TPSA) is 9.23 Å². The van der Waals surface area contributed by atoms with Crippen molar-refractivity contribution >= 4 is 22.6 Å². The number of alkyl halides is 5. The Hall–Kier alpha value is -0.600. The van der Waals surface area contributed by atoms with Crippen LogP contribution >= 0.6 is 22.6 Å². The van der Waals surface area contributed by atoms with Gasteiger partial charge in [-0.15, -0.1) is 0 Å². The van der Waals surface area contributed by atoms with Crippen molar-refractivity contribution in [3.8, 4) is 5.75 Å². The number of benzene rings is 1. The summed E-state index contributed by atoms with van der Waals surface area (Å²) in [6.45, 7) is 0. The third-order valence-corrected chi connectivity index (χ3v) is 2.04. The summed E-state index contributed by atoms with van der Waals surface area (Å²) < 4.78 is 64.1. The van der Waals surface area contributed by atoms with Gasteiger partial charge in [0.25, 0.3) is 0 Å². The van der Waals surface area contributed by atoms with Crippen LogP contribution in [0.15, 0.2) is 24.3 Å². The maximum Gasteiger partial charge on any atom is 0.499 e. The molecule has 1 aromatic rings. The summed E-state index contributed by atoms with van der Waals surface area (Å²) in [5, 5.41) is 0. The van der Waals surface area contributed by atoms with Crippen molar-refractivity contribution < 1.29 is 26.7 Å². The molecule has 0 aliphatic heterocycles. The number of ether oxygens (including phenoxy) is 1. The van der Waals surface area contributed by atoms with Crippen LogP contribution in [-0.2, 0) is 0 Å². The average molecular weight is 338 g/mol. The van der Waals surface area contributed by atoms with Crippen molar-refractivity contribution in [3.05, 3.63) is 27.8 Å². The van der Waals surface area contributed by atoms with Crippen LogP contribution in [0, 0.1) is 3.57 Å². The largest absolute Gasteiger partial charge is 0.499 e. The van der Waals surface area contributed by atoms with Gasteiger partial charge in [-0.05, 0) is 40.8 Å². The second-order valence-electron chi connectivity index (χ2n) is 2.57. The Kier molecular flexibility index (Phi) is 3.41. The summed E-state index contributed by atoms with van der Waals surface area (Å²) in [6.07, 6.45) is -10.9. The van der Waals surface area contributed by atoms with E-state index in [1.54, 1.807) is 28.7 Å². The Morgan fingerprint density at radius 3 is 2.13 bits per heavy atom. The quantitative estimate of drug-likeness (QED) is 0.588. The molecule has 0 aliphatic carbocycles. The maximum absolute atomic E-state index is 12.4. The summed E-state index contributed by atoms with van der Waals surface area (Å²) in [7, 11) is 0. The summed E-state index contributed by atoms with van der Waals surface area (Å²) in [4.78, 5) is 0. The van der Waals surface area contributed by atoms with Crippen molar-refractivity contribution in [2.75, 3.05) is 0 Å². The normalized spacial score (nSPS) is 12.7. The van der Waals surface area contributed by atoms with Crippen LogP contribution in [0.4, 0.5) is 22.0 Å². The molecule has 0 bridgehead atoms. The molecule has 0 saturated carbocycles. The molecule has 7 heteroatoms. The summed E-state index contributed by atoms with van der Waals surface area (Å²) in [6, 6.07) is 4.98. The van der Waals surface area contributed by atoms with Crippen LogP contribution in [0.5, 0.6) is 5.75 Å². The molecular weight excluding hydrogens is 334 g/mol. The molecule has 0 atom stereocenters. The Labute approximate surface area is 95.4 Å². The van der Waals surface area contributed by atoms with E-state index in [9.17, 15) is 22.0 Å². The van der Waals surface area contributed by atoms with E-state index in [-0.39, 0.29) is 0 Å². The van der Waals surface area contributed by atoms with Gasteiger partial charge >= 0.3 is 12.3 Å². The third kappa shape index (κ3) is 3.18. The number of halogens is 6. The molecule has 0 aromatic heterocycles. The second-order valence-corrected chi connectivity index (χ2v) is 3.82. The van der Waals surface area contributed by atoms with E-state index in [2.05, 4.69) is 4.74 Å². The molecule has 0 radical (unpaired) electrons. The molecule has 0 spiro atoms. The Morgan fingerprint density at radius 2 is 1.67 bits per heavy atom. The molecule has 84 valence electrons. The minimum absolute atomic E-state index is 0.503. The molecule has 1 nitrogen and oxygen atoms in total. The van der Waals surface area contributed by atoms with E-state index in [0.717, 1.165) is 12.1 Å². The summed E-state index contributed by atoms with van der Waals surface area (Å²) in [5.74, 6) is -0.524. The van der Waals surface area contributed by atoms with Crippen LogP contribution in [0.1, 0.15) is 0 Å². The monoisotopic (exact) mass is 338 g/mol. The van der Waals surface area contributed by atoms with E-state index >= 15 is 0 Å². The molecule has 0 heterocycles. The van der Waals surface area contributed by atoms with E-state index < -0.39 is 18.0 Å². The zero-order valence-corrected chi connectivity index (χ0v) is 9.14. The molecule has 15 heavy (non-hydrogen) atoms. The molecule has 0 fully saturated rings. The maximum atomic E-state index is 12.4. The highest BCUT2D eigenvalue weighted by Gasteiger charge is 2.61. The van der Waals surface area contributed by atoms with Gasteiger partial charge in [0.15, 0.2) is 0 Å². The first kappa shape index (κ1) is 12.5. The van der Waals surface area contributed by atoms with Gasteiger partial charge in [-0.1, -0.05) is 6.07 Å². The molecule has 0 N–H and O–H groups in total. The molecule has 0 aliphatic rings. The van der Waals surface area contributed by atoms with Crippen LogP contribution in [-0.4, -0.2) is 12.3 Å². The van der Waals surface area contributed by atoms with E-state index in [1.807, 2.05) is 0 Å². The molecule has 1 rings (SSSR count). The van der Waals surface area contributed by atoms with Gasteiger partial charge in [-0.25, -0.2) is 0 Å². The van der Waals surface area contributed by atoms with E-state index in [4.69, 9.17) is 0 Å². The number of hydrogen-bond acceptors (Lipinski definition) is 1. The fourth-order valence-electron chi connectivity index (χ4n) is 0.736. The predicted molar refractivity (Wildman–Crippen MR) is 50.8 cm³/mol. The van der Waals surface area contributed by atoms with Crippen LogP contribution in [0.3, 0.4) is 0 Å². The van der Waals surface area contributed by atoms with Crippen molar-refractivity contribution in [2.45, 2.75) is 12.3 Å². The lowest BCUT2D eigenvalue weighted by molar-refractivity contribution is -0.360. The van der Waals surface area contributed by atoms with Gasteiger partial charge in [-0.2, -0.15) is 22.0 Å². The Morgan fingerprint density at radius 1 is 1.07 bits per heavy atom. The molecule has 0 unspecified atom stereocenters. The van der Waals surface area contributed by atoms with E-state index in [1.165, 1.54) is 6.07 Å². The van der Waals surface area contributed by atoms with Gasteiger partial charge in [0.05, 0.1) is 0 Å². The highest BCUT2D eigenvalue weighted by Crippen LogP contribution is 2.37. The third-order valence-electron chi connectivity index (χ3n) is 1.37. The smallest absolute Gasteiger partial charge is 0.426 e. The van der Waals surface area contributed by atoms with Gasteiger partial charge in [0, 0.05) is 3.57 Å². The highest BCUT2D eigenvalue weighted by atomic mass is 127. The first-order chi connectivity index (χ1) is 6.72. The molecule has 0 amide bonds. The number of rotatable bonds is 2. The Balaban J connectivity index is 2.87. The van der Waals surface area contributed by atoms with Crippen LogP contribution in [0.2, 0.25) is 0 Å². The first-order valence-electron chi connectivity index (χ1n) is 3.61. The fourth-order valence-corrected chi connectivity index (χ4v) is 1.25. The molecule has 0 saturated heterocycles. The fraction of sp³-hybridized carbons (Fsp3) is 0.250. The van der Waals surface area contributed by atoms with Crippen LogP contribution in [0.25, 0.3) is 0 Å². The standard InChI is InChI=1S/C8H4F5IO/c9-7(10,11)8(12,13)15-6-3-1-2-5(14)4-6/h1-4H. The lowest BCUT2D eigenvalue weighted by atomic mass is 10.3. The highest BCUT2D eigenvalue weighted by molar-refractivity contribution is 14.1. The SMILES string of the molecule is FC(F)(F)C(F)(F)Oc1cccc(I)c1. The zero-order chi connectivity index (χ0) is 11.7. The van der Waals surface area contributed by atoms with Crippen LogP contribution < -0.4 is 4.74 Å². The van der Waals surface area contributed by atoms with Crippen molar-refractivity contribution in [1.82, 2.24) is 0 Å². The van der Waals surface area contributed by atoms with Gasteiger partial charge < -0.3 is 4.74 Å². The predicted octanol–water partition coefficient (Wildman–Crippen LogP) is 3.83. The average Bonchev–Trinajstić information content (AvgIpc) is 2.00.